The van der Waals surface area contributed by atoms with E-state index in [1.165, 1.54) is 14.2 Å². The zero-order valence-corrected chi connectivity index (χ0v) is 21.3. The van der Waals surface area contributed by atoms with Gasteiger partial charge in [-0.2, -0.15) is 0 Å². The Kier molecular flexibility index (Phi) is 9.15. The molecule has 12 heteroatoms. The first-order valence-corrected chi connectivity index (χ1v) is 11.6. The van der Waals surface area contributed by atoms with Gasteiger partial charge in [-0.3, -0.25) is 14.0 Å². The minimum absolute atomic E-state index is 0.0908. The average molecular weight is 513 g/mol. The number of nitrogens with zero attached hydrogens (tertiary/aromatic N) is 4. The van der Waals surface area contributed by atoms with Crippen molar-refractivity contribution in [2.45, 2.75) is 38.6 Å². The summed E-state index contributed by atoms with van der Waals surface area (Å²) in [6, 6.07) is 14.1. The molecule has 0 fully saturated rings. The Morgan fingerprint density at radius 1 is 1.08 bits per heavy atom. The fourth-order valence-electron chi connectivity index (χ4n) is 3.33. The normalized spacial score (nSPS) is 12.1. The summed E-state index contributed by atoms with van der Waals surface area (Å²) in [6.45, 7) is 3.23. The lowest BCUT2D eigenvalue weighted by Crippen LogP contribution is -2.51. The van der Waals surface area contributed by atoms with Crippen molar-refractivity contribution in [2.24, 2.45) is 5.73 Å². The summed E-state index contributed by atoms with van der Waals surface area (Å²) in [5.74, 6) is -0.583. The molecule has 0 saturated heterocycles. The van der Waals surface area contributed by atoms with E-state index in [1.54, 1.807) is 36.4 Å². The van der Waals surface area contributed by atoms with Crippen LogP contribution < -0.4 is 11.1 Å². The molecule has 0 bridgehead atoms. The quantitative estimate of drug-likeness (QED) is 0.365. The van der Waals surface area contributed by atoms with Crippen molar-refractivity contribution in [3.8, 4) is 0 Å². The van der Waals surface area contributed by atoms with Crippen LogP contribution in [0.3, 0.4) is 0 Å². The molecule has 2 aromatic heterocycles. The van der Waals surface area contributed by atoms with Crippen molar-refractivity contribution in [1.82, 2.24) is 24.8 Å². The monoisotopic (exact) mass is 512 g/mol. The van der Waals surface area contributed by atoms with E-state index >= 15 is 0 Å². The summed E-state index contributed by atoms with van der Waals surface area (Å²) in [5.41, 5.74) is 6.88. The minimum Gasteiger partial charge on any atom is -0.468 e. The summed E-state index contributed by atoms with van der Waals surface area (Å²) in [7, 11) is 2.66. The van der Waals surface area contributed by atoms with Crippen LogP contribution in [0, 0.1) is 0 Å². The number of hydrogen-bond donors (Lipinski definition) is 2. The number of likely N-dealkylation sites (N-methyl/N-ethyl adjacent to an activating group) is 1. The van der Waals surface area contributed by atoms with Crippen LogP contribution >= 0.6 is 0 Å². The number of methoxy groups -OCH3 is 1. The lowest BCUT2D eigenvalue weighted by Gasteiger charge is -2.24. The predicted octanol–water partition coefficient (Wildman–Crippen LogP) is 1.58. The number of pyridine rings is 1. The largest absolute Gasteiger partial charge is 0.468 e. The molecule has 0 saturated carbocycles. The van der Waals surface area contributed by atoms with Gasteiger partial charge >= 0.3 is 12.1 Å². The number of benzene rings is 1. The second kappa shape index (κ2) is 12.3. The molecule has 0 spiro atoms. The first kappa shape index (κ1) is 27.6. The third kappa shape index (κ3) is 7.48. The maximum absolute atomic E-state index is 12.8. The van der Waals surface area contributed by atoms with Gasteiger partial charge in [-0.05, 0) is 31.5 Å². The van der Waals surface area contributed by atoms with E-state index in [4.69, 9.17) is 15.2 Å². The summed E-state index contributed by atoms with van der Waals surface area (Å²) in [5, 5.41) is 11.4. The predicted molar refractivity (Wildman–Crippen MR) is 133 cm³/mol. The Morgan fingerprint density at radius 2 is 1.81 bits per heavy atom. The highest BCUT2D eigenvalue weighted by molar-refractivity contribution is 5.85. The van der Waals surface area contributed by atoms with E-state index in [1.807, 2.05) is 30.3 Å². The van der Waals surface area contributed by atoms with Gasteiger partial charge in [0.15, 0.2) is 11.5 Å². The second-order valence-electron chi connectivity index (χ2n) is 9.00. The van der Waals surface area contributed by atoms with Gasteiger partial charge in [0.2, 0.25) is 5.91 Å². The summed E-state index contributed by atoms with van der Waals surface area (Å²) in [4.78, 5) is 37.7. The Labute approximate surface area is 214 Å². The van der Waals surface area contributed by atoms with Crippen LogP contribution in [0.25, 0.3) is 5.65 Å². The number of ether oxygens (including phenoxy) is 3. The Morgan fingerprint density at radius 3 is 2.49 bits per heavy atom. The van der Waals surface area contributed by atoms with Crippen LogP contribution in [0.15, 0.2) is 48.5 Å². The molecule has 12 nitrogen and oxygen atoms in total. The molecular weight excluding hydrogens is 480 g/mol. The maximum Gasteiger partial charge on any atom is 0.410 e. The number of fused-ring (bicyclic) bond motifs is 1. The average Bonchev–Trinajstić information content (AvgIpc) is 3.31. The van der Waals surface area contributed by atoms with Gasteiger partial charge in [-0.1, -0.05) is 36.4 Å². The van der Waals surface area contributed by atoms with Crippen molar-refractivity contribution in [3.63, 3.8) is 0 Å². The summed E-state index contributed by atoms with van der Waals surface area (Å²) >= 11 is 0. The maximum atomic E-state index is 12.8. The van der Waals surface area contributed by atoms with Gasteiger partial charge in [-0.25, -0.2) is 4.79 Å². The third-order valence-corrected chi connectivity index (χ3v) is 5.38. The van der Waals surface area contributed by atoms with E-state index in [2.05, 4.69) is 20.3 Å². The minimum atomic E-state index is -1.14. The molecule has 37 heavy (non-hydrogen) atoms. The van der Waals surface area contributed by atoms with Gasteiger partial charge in [0.25, 0.3) is 0 Å². The number of carbonyl (C=O) groups excluding carboxylic acids is 3. The molecule has 0 aliphatic carbocycles. The van der Waals surface area contributed by atoms with E-state index in [9.17, 15) is 14.4 Å². The van der Waals surface area contributed by atoms with Gasteiger partial charge in [0, 0.05) is 7.05 Å². The fourth-order valence-corrected chi connectivity index (χ4v) is 3.33. The van der Waals surface area contributed by atoms with Crippen molar-refractivity contribution in [3.05, 3.63) is 65.6 Å². The number of esters is 1. The van der Waals surface area contributed by atoms with Crippen molar-refractivity contribution in [2.75, 3.05) is 27.3 Å². The van der Waals surface area contributed by atoms with Crippen molar-refractivity contribution >= 4 is 23.6 Å². The van der Waals surface area contributed by atoms with Crippen LogP contribution in [0.2, 0.25) is 0 Å². The molecule has 1 aromatic carbocycles. The third-order valence-electron chi connectivity index (χ3n) is 5.38. The second-order valence-corrected chi connectivity index (χ2v) is 9.00. The number of rotatable bonds is 11. The molecular formula is C25H32N6O6. The van der Waals surface area contributed by atoms with E-state index in [-0.39, 0.29) is 19.8 Å². The lowest BCUT2D eigenvalue weighted by molar-refractivity contribution is -0.141. The molecule has 0 unspecified atom stereocenters. The number of aromatic nitrogens is 3. The van der Waals surface area contributed by atoms with Gasteiger partial charge in [0.05, 0.1) is 31.6 Å². The SMILES string of the molecule is COC(=O)CN(C)C(=O)OCc1cccc2nnc([C@@H](COCc3ccccc3)NC(=O)C(C)(C)N)n12. The van der Waals surface area contributed by atoms with Gasteiger partial charge < -0.3 is 30.2 Å². The first-order chi connectivity index (χ1) is 17.6. The number of nitrogens with one attached hydrogen (secondary N) is 1. The molecule has 0 radical (unpaired) electrons. The standard InChI is InChI=1S/C25H32N6O6/c1-25(2,26)23(33)27-19(16-36-14-17-9-6-5-7-10-17)22-29-28-20-12-8-11-18(31(20)22)15-37-24(34)30(3)13-21(32)35-4/h5-12,19H,13-16,26H2,1-4H3,(H,27,33)/t19-/m1/s1. The van der Waals surface area contributed by atoms with Crippen molar-refractivity contribution in [1.29, 1.82) is 0 Å². The lowest BCUT2D eigenvalue weighted by atomic mass is 10.1. The van der Waals surface area contributed by atoms with E-state index in [0.29, 0.717) is 23.8 Å². The topological polar surface area (TPSA) is 150 Å². The van der Waals surface area contributed by atoms with E-state index in [0.717, 1.165) is 10.5 Å². The molecule has 1 atom stereocenters. The Hall–Kier alpha value is -4.03. The number of carbonyl (C=O) groups is 3. The summed E-state index contributed by atoms with van der Waals surface area (Å²) < 4.78 is 17.6. The molecule has 198 valence electrons. The molecule has 2 heterocycles. The highest BCUT2D eigenvalue weighted by Gasteiger charge is 2.28. The van der Waals surface area contributed by atoms with Crippen LogP contribution in [0.1, 0.15) is 37.0 Å². The van der Waals surface area contributed by atoms with Crippen molar-refractivity contribution < 1.29 is 28.6 Å². The highest BCUT2D eigenvalue weighted by atomic mass is 16.6. The van der Waals surface area contributed by atoms with E-state index < -0.39 is 29.6 Å². The zero-order chi connectivity index (χ0) is 27.0. The number of nitrogens with two attached hydrogens (primary N) is 1. The number of hydrogen-bond acceptors (Lipinski definition) is 9. The highest BCUT2D eigenvalue weighted by Crippen LogP contribution is 2.19. The smallest absolute Gasteiger partial charge is 0.410 e. The van der Waals surface area contributed by atoms with Crippen LogP contribution in [0.5, 0.6) is 0 Å². The van der Waals surface area contributed by atoms with Crippen LogP contribution in [-0.2, 0) is 37.0 Å². The summed E-state index contributed by atoms with van der Waals surface area (Å²) in [6.07, 6.45) is -0.710. The zero-order valence-electron chi connectivity index (χ0n) is 21.3. The van der Waals surface area contributed by atoms with Gasteiger partial charge in [-0.15, -0.1) is 10.2 Å². The first-order valence-electron chi connectivity index (χ1n) is 11.6. The van der Waals surface area contributed by atoms with Crippen LogP contribution in [-0.4, -0.2) is 70.3 Å². The molecule has 2 amide bonds. The molecule has 3 rings (SSSR count). The molecule has 0 aliphatic rings. The Bertz CT molecular complexity index is 1220. The Balaban J connectivity index is 1.83. The number of amides is 2. The van der Waals surface area contributed by atoms with Crippen LogP contribution in [0.4, 0.5) is 4.79 Å². The van der Waals surface area contributed by atoms with Gasteiger partial charge in [0.1, 0.15) is 19.2 Å². The molecule has 3 aromatic rings. The molecule has 3 N–H and O–H groups in total. The fraction of sp³-hybridized carbons (Fsp3) is 0.400. The molecule has 0 aliphatic heterocycles.